The fourth-order valence-corrected chi connectivity index (χ4v) is 1.89. The molecule has 0 saturated heterocycles. The lowest BCUT2D eigenvalue weighted by molar-refractivity contribution is -0.155. The first kappa shape index (κ1) is 18.4. The Labute approximate surface area is 132 Å². The van der Waals surface area contributed by atoms with Crippen LogP contribution >= 0.6 is 0 Å². The minimum atomic E-state index is -0.495. The molecule has 0 N–H and O–H groups in total. The maximum absolute atomic E-state index is 11.7. The second-order valence-corrected chi connectivity index (χ2v) is 6.27. The van der Waals surface area contributed by atoms with Gasteiger partial charge in [0.15, 0.2) is 0 Å². The van der Waals surface area contributed by atoms with Crippen molar-refractivity contribution in [3.63, 3.8) is 0 Å². The van der Waals surface area contributed by atoms with Crippen molar-refractivity contribution in [3.8, 4) is 0 Å². The van der Waals surface area contributed by atoms with E-state index in [1.54, 1.807) is 0 Å². The van der Waals surface area contributed by atoms with Crippen LogP contribution in [0.1, 0.15) is 52.0 Å². The van der Waals surface area contributed by atoms with E-state index in [1.165, 1.54) is 0 Å². The van der Waals surface area contributed by atoms with Gasteiger partial charge in [0.1, 0.15) is 11.4 Å². The van der Waals surface area contributed by atoms with Crippen molar-refractivity contribution < 1.29 is 19.1 Å². The number of ether oxygens (including phenoxy) is 2. The molecule has 0 aliphatic rings. The summed E-state index contributed by atoms with van der Waals surface area (Å²) in [6.45, 7) is 6.56. The highest BCUT2D eigenvalue weighted by Gasteiger charge is 2.16. The van der Waals surface area contributed by atoms with Gasteiger partial charge in [0, 0.05) is 19.4 Å². The molecule has 4 heteroatoms. The van der Waals surface area contributed by atoms with E-state index in [0.717, 1.165) is 5.56 Å². The molecule has 0 heterocycles. The number of rotatable bonds is 9. The summed E-state index contributed by atoms with van der Waals surface area (Å²) in [7, 11) is 0. The third-order valence-electron chi connectivity index (χ3n) is 2.88. The Morgan fingerprint density at radius 2 is 1.68 bits per heavy atom. The third-order valence-corrected chi connectivity index (χ3v) is 2.88. The van der Waals surface area contributed by atoms with Crippen LogP contribution in [0.3, 0.4) is 0 Å². The molecule has 122 valence electrons. The Hall–Kier alpha value is -1.68. The van der Waals surface area contributed by atoms with Crippen LogP contribution in [0.15, 0.2) is 30.3 Å². The lowest BCUT2D eigenvalue weighted by atomic mass is 10.1. The van der Waals surface area contributed by atoms with Gasteiger partial charge >= 0.3 is 5.97 Å². The molecule has 0 unspecified atom stereocenters. The fraction of sp³-hybridized carbons (Fsp3) is 0.556. The van der Waals surface area contributed by atoms with Crippen LogP contribution in [-0.4, -0.2) is 24.0 Å². The Bertz CT molecular complexity index is 460. The van der Waals surface area contributed by atoms with Gasteiger partial charge in [-0.1, -0.05) is 30.3 Å². The minimum absolute atomic E-state index is 0.0779. The number of ketones is 1. The normalized spacial score (nSPS) is 11.2. The van der Waals surface area contributed by atoms with E-state index in [4.69, 9.17) is 9.47 Å². The van der Waals surface area contributed by atoms with Crippen molar-refractivity contribution in [3.05, 3.63) is 35.9 Å². The van der Waals surface area contributed by atoms with Gasteiger partial charge in [-0.2, -0.15) is 0 Å². The molecule has 0 aliphatic carbocycles. The maximum atomic E-state index is 11.7. The van der Waals surface area contributed by atoms with E-state index in [-0.39, 0.29) is 24.6 Å². The Morgan fingerprint density at radius 1 is 1.00 bits per heavy atom. The van der Waals surface area contributed by atoms with E-state index < -0.39 is 5.60 Å². The van der Waals surface area contributed by atoms with E-state index >= 15 is 0 Å². The number of carbonyl (C=O) groups is 2. The summed E-state index contributed by atoms with van der Waals surface area (Å²) >= 11 is 0. The monoisotopic (exact) mass is 306 g/mol. The van der Waals surface area contributed by atoms with Crippen molar-refractivity contribution in [1.82, 2.24) is 0 Å². The molecule has 0 radical (unpaired) electrons. The average molecular weight is 306 g/mol. The Morgan fingerprint density at radius 3 is 2.32 bits per heavy atom. The van der Waals surface area contributed by atoms with Gasteiger partial charge in [0.2, 0.25) is 0 Å². The highest BCUT2D eigenvalue weighted by Crippen LogP contribution is 2.10. The zero-order chi connectivity index (χ0) is 16.4. The molecule has 0 aromatic heterocycles. The summed E-state index contributed by atoms with van der Waals surface area (Å²) in [5.74, 6) is -0.240. The van der Waals surface area contributed by atoms with Gasteiger partial charge in [0.05, 0.1) is 13.0 Å². The second-order valence-electron chi connectivity index (χ2n) is 6.27. The molecule has 0 amide bonds. The number of esters is 1. The summed E-state index contributed by atoms with van der Waals surface area (Å²) in [6, 6.07) is 9.92. The predicted octanol–water partition coefficient (Wildman–Crippen LogP) is 3.67. The van der Waals surface area contributed by atoms with Gasteiger partial charge in [0.25, 0.3) is 0 Å². The summed E-state index contributed by atoms with van der Waals surface area (Å²) in [5.41, 5.74) is 0.629. The summed E-state index contributed by atoms with van der Waals surface area (Å²) in [6.07, 6.45) is 1.52. The standard InChI is InChI=1S/C18H26O4/c1-18(2,3)22-17(20)12-11-16(19)10-7-13-21-14-15-8-5-4-6-9-15/h4-6,8-9H,7,10-14H2,1-3H3. The third kappa shape index (κ3) is 9.29. The van der Waals surface area contributed by atoms with Crippen molar-refractivity contribution in [2.45, 2.75) is 58.7 Å². The largest absolute Gasteiger partial charge is 0.460 e. The van der Waals surface area contributed by atoms with Crippen molar-refractivity contribution in [2.75, 3.05) is 6.61 Å². The Balaban J connectivity index is 2.05. The van der Waals surface area contributed by atoms with Crippen LogP contribution in [0.4, 0.5) is 0 Å². The first-order valence-corrected chi connectivity index (χ1v) is 7.72. The van der Waals surface area contributed by atoms with Crippen molar-refractivity contribution in [1.29, 1.82) is 0 Å². The van der Waals surface area contributed by atoms with Crippen LogP contribution in [0.5, 0.6) is 0 Å². The minimum Gasteiger partial charge on any atom is -0.460 e. The van der Waals surface area contributed by atoms with Crippen molar-refractivity contribution in [2.24, 2.45) is 0 Å². The van der Waals surface area contributed by atoms with E-state index in [1.807, 2.05) is 51.1 Å². The molecule has 0 aliphatic heterocycles. The lowest BCUT2D eigenvalue weighted by Crippen LogP contribution is -2.24. The van der Waals surface area contributed by atoms with E-state index in [2.05, 4.69) is 0 Å². The highest BCUT2D eigenvalue weighted by molar-refractivity contribution is 5.82. The zero-order valence-corrected chi connectivity index (χ0v) is 13.8. The number of hydrogen-bond acceptors (Lipinski definition) is 4. The topological polar surface area (TPSA) is 52.6 Å². The lowest BCUT2D eigenvalue weighted by Gasteiger charge is -2.19. The predicted molar refractivity (Wildman–Crippen MR) is 85.4 cm³/mol. The van der Waals surface area contributed by atoms with Gasteiger partial charge in [-0.3, -0.25) is 9.59 Å². The van der Waals surface area contributed by atoms with Gasteiger partial charge in [-0.05, 0) is 32.8 Å². The first-order chi connectivity index (χ1) is 10.4. The SMILES string of the molecule is CC(C)(C)OC(=O)CCC(=O)CCCOCc1ccccc1. The van der Waals surface area contributed by atoms with E-state index in [0.29, 0.717) is 26.1 Å². The highest BCUT2D eigenvalue weighted by atomic mass is 16.6. The van der Waals surface area contributed by atoms with Gasteiger partial charge < -0.3 is 9.47 Å². The summed E-state index contributed by atoms with van der Waals surface area (Å²) < 4.78 is 10.7. The molecule has 1 rings (SSSR count). The van der Waals surface area contributed by atoms with Crippen LogP contribution < -0.4 is 0 Å². The second kappa shape index (κ2) is 9.36. The maximum Gasteiger partial charge on any atom is 0.306 e. The molecule has 0 atom stereocenters. The molecule has 0 saturated carbocycles. The van der Waals surface area contributed by atoms with Gasteiger partial charge in [-0.25, -0.2) is 0 Å². The summed E-state index contributed by atoms with van der Waals surface area (Å²) in [5, 5.41) is 0. The molecule has 0 spiro atoms. The fourth-order valence-electron chi connectivity index (χ4n) is 1.89. The number of Topliss-reactive ketones (excluding diaryl/α,β-unsaturated/α-hetero) is 1. The van der Waals surface area contributed by atoms with Crippen LogP contribution in [-0.2, 0) is 25.7 Å². The average Bonchev–Trinajstić information content (AvgIpc) is 2.44. The molecule has 1 aromatic rings. The number of carbonyl (C=O) groups excluding carboxylic acids is 2. The van der Waals surface area contributed by atoms with E-state index in [9.17, 15) is 9.59 Å². The number of benzene rings is 1. The molecular weight excluding hydrogens is 280 g/mol. The number of hydrogen-bond donors (Lipinski definition) is 0. The first-order valence-electron chi connectivity index (χ1n) is 7.72. The molecule has 0 bridgehead atoms. The molecule has 22 heavy (non-hydrogen) atoms. The molecule has 4 nitrogen and oxygen atoms in total. The van der Waals surface area contributed by atoms with Crippen molar-refractivity contribution >= 4 is 11.8 Å². The molecule has 1 aromatic carbocycles. The molecule has 0 fully saturated rings. The quantitative estimate of drug-likeness (QED) is 0.516. The van der Waals surface area contributed by atoms with Gasteiger partial charge in [-0.15, -0.1) is 0 Å². The smallest absolute Gasteiger partial charge is 0.306 e. The Kier molecular flexibility index (Phi) is 7.82. The van der Waals surface area contributed by atoms with Crippen LogP contribution in [0.2, 0.25) is 0 Å². The zero-order valence-electron chi connectivity index (χ0n) is 13.8. The van der Waals surface area contributed by atoms with Crippen LogP contribution in [0, 0.1) is 0 Å². The molecular formula is C18H26O4. The summed E-state index contributed by atoms with van der Waals surface area (Å²) in [4.78, 5) is 23.2. The van der Waals surface area contributed by atoms with Crippen LogP contribution in [0.25, 0.3) is 0 Å².